The van der Waals surface area contributed by atoms with Crippen molar-refractivity contribution in [1.29, 1.82) is 0 Å². The lowest BCUT2D eigenvalue weighted by Gasteiger charge is -2.24. The Morgan fingerprint density at radius 2 is 1.58 bits per heavy atom. The highest BCUT2D eigenvalue weighted by Gasteiger charge is 2.22. The first-order chi connectivity index (χ1) is 16.2. The Hall–Kier alpha value is -3.93. The van der Waals surface area contributed by atoms with E-state index in [1.807, 2.05) is 53.4 Å². The molecule has 33 heavy (non-hydrogen) atoms. The van der Waals surface area contributed by atoms with Crippen LogP contribution in [0.1, 0.15) is 12.0 Å². The van der Waals surface area contributed by atoms with Gasteiger partial charge in [-0.25, -0.2) is 14.8 Å². The van der Waals surface area contributed by atoms with E-state index < -0.39 is 0 Å². The summed E-state index contributed by atoms with van der Waals surface area (Å²) in [6.07, 6.45) is 0.875. The Kier molecular flexibility index (Phi) is 5.89. The fourth-order valence-electron chi connectivity index (χ4n) is 4.19. The van der Waals surface area contributed by atoms with Gasteiger partial charge in [-0.2, -0.15) is 0 Å². The van der Waals surface area contributed by atoms with Gasteiger partial charge in [0.1, 0.15) is 5.82 Å². The van der Waals surface area contributed by atoms with Crippen molar-refractivity contribution in [3.05, 3.63) is 84.4 Å². The predicted octanol–water partition coefficient (Wildman–Crippen LogP) is 5.35. The number of fused-ring (bicyclic) bond motifs is 1. The van der Waals surface area contributed by atoms with Crippen LogP contribution >= 0.6 is 0 Å². The van der Waals surface area contributed by atoms with Gasteiger partial charge < -0.3 is 15.1 Å². The van der Waals surface area contributed by atoms with Crippen LogP contribution in [0.2, 0.25) is 0 Å². The summed E-state index contributed by atoms with van der Waals surface area (Å²) in [5, 5.41) is 4.04. The SMILES string of the molecule is Cc1ccc(-c2nc(N3CCCN(C(=O)Nc4ccccc4)CC3)c3ccccc3n2)cc1. The zero-order valence-corrected chi connectivity index (χ0v) is 18.7. The number of urea groups is 1. The zero-order chi connectivity index (χ0) is 22.6. The Morgan fingerprint density at radius 1 is 0.818 bits per heavy atom. The molecule has 0 bridgehead atoms. The third kappa shape index (κ3) is 4.65. The molecule has 4 aromatic rings. The third-order valence-corrected chi connectivity index (χ3v) is 6.00. The van der Waals surface area contributed by atoms with Crippen molar-refractivity contribution in [2.75, 3.05) is 36.4 Å². The fourth-order valence-corrected chi connectivity index (χ4v) is 4.19. The summed E-state index contributed by atoms with van der Waals surface area (Å²) in [6.45, 7) is 4.98. The number of rotatable bonds is 3. The van der Waals surface area contributed by atoms with Gasteiger partial charge in [-0.3, -0.25) is 0 Å². The highest BCUT2D eigenvalue weighted by molar-refractivity contribution is 5.91. The number of hydrogen-bond acceptors (Lipinski definition) is 4. The van der Waals surface area contributed by atoms with E-state index in [0.717, 1.165) is 53.3 Å². The molecule has 0 saturated carbocycles. The molecule has 5 rings (SSSR count). The lowest BCUT2D eigenvalue weighted by Crippen LogP contribution is -2.38. The first kappa shape index (κ1) is 20.9. The molecule has 0 radical (unpaired) electrons. The molecule has 2 heterocycles. The predicted molar refractivity (Wildman–Crippen MR) is 134 cm³/mol. The first-order valence-corrected chi connectivity index (χ1v) is 11.4. The number of amides is 2. The van der Waals surface area contributed by atoms with E-state index in [4.69, 9.17) is 9.97 Å². The highest BCUT2D eigenvalue weighted by atomic mass is 16.2. The van der Waals surface area contributed by atoms with Gasteiger partial charge >= 0.3 is 6.03 Å². The van der Waals surface area contributed by atoms with Crippen LogP contribution in [-0.4, -0.2) is 47.1 Å². The van der Waals surface area contributed by atoms with Crippen LogP contribution in [0.25, 0.3) is 22.3 Å². The minimum absolute atomic E-state index is 0.0593. The van der Waals surface area contributed by atoms with Crippen molar-refractivity contribution in [3.63, 3.8) is 0 Å². The normalized spacial score (nSPS) is 14.2. The Labute approximate surface area is 193 Å². The van der Waals surface area contributed by atoms with Gasteiger partial charge in [0, 0.05) is 42.8 Å². The molecular weight excluding hydrogens is 410 g/mol. The van der Waals surface area contributed by atoms with Crippen molar-refractivity contribution in [3.8, 4) is 11.4 Å². The second-order valence-corrected chi connectivity index (χ2v) is 8.38. The summed E-state index contributed by atoms with van der Waals surface area (Å²) in [4.78, 5) is 26.8. The molecule has 166 valence electrons. The summed E-state index contributed by atoms with van der Waals surface area (Å²) in [5.74, 6) is 1.66. The van der Waals surface area contributed by atoms with Gasteiger partial charge in [0.2, 0.25) is 0 Å². The molecule has 1 aliphatic rings. The number of carbonyl (C=O) groups excluding carboxylic acids is 1. The molecule has 3 aromatic carbocycles. The highest BCUT2D eigenvalue weighted by Crippen LogP contribution is 2.28. The lowest BCUT2D eigenvalue weighted by molar-refractivity contribution is 0.215. The molecule has 1 aliphatic heterocycles. The van der Waals surface area contributed by atoms with Crippen molar-refractivity contribution in [2.24, 2.45) is 0 Å². The number of nitrogens with zero attached hydrogens (tertiary/aromatic N) is 4. The lowest BCUT2D eigenvalue weighted by atomic mass is 10.1. The molecule has 6 heteroatoms. The molecule has 6 nitrogen and oxygen atoms in total. The molecule has 2 amide bonds. The van der Waals surface area contributed by atoms with Crippen LogP contribution in [0, 0.1) is 6.92 Å². The smallest absolute Gasteiger partial charge is 0.321 e. The molecule has 0 spiro atoms. The number of anilines is 2. The van der Waals surface area contributed by atoms with Gasteiger partial charge in [-0.05, 0) is 37.6 Å². The van der Waals surface area contributed by atoms with Gasteiger partial charge in [0.15, 0.2) is 5.82 Å². The van der Waals surface area contributed by atoms with E-state index in [1.165, 1.54) is 5.56 Å². The number of para-hydroxylation sites is 2. The third-order valence-electron chi connectivity index (χ3n) is 6.00. The molecule has 1 aromatic heterocycles. The summed E-state index contributed by atoms with van der Waals surface area (Å²) >= 11 is 0. The second-order valence-electron chi connectivity index (χ2n) is 8.38. The minimum Gasteiger partial charge on any atom is -0.354 e. The van der Waals surface area contributed by atoms with Gasteiger partial charge in [0.05, 0.1) is 5.52 Å². The standard InChI is InChI=1S/C27H27N5O/c1-20-12-14-21(15-13-20)25-29-24-11-6-5-10-23(24)26(30-25)31-16-7-17-32(19-18-31)27(33)28-22-8-3-2-4-9-22/h2-6,8-15H,7,16-19H2,1H3,(H,28,33). The van der Waals surface area contributed by atoms with Gasteiger partial charge in [-0.1, -0.05) is 60.2 Å². The van der Waals surface area contributed by atoms with Gasteiger partial charge in [-0.15, -0.1) is 0 Å². The first-order valence-electron chi connectivity index (χ1n) is 11.4. The summed E-state index contributed by atoms with van der Waals surface area (Å²) in [5.41, 5.74) is 3.96. The monoisotopic (exact) mass is 437 g/mol. The number of nitrogens with one attached hydrogen (secondary N) is 1. The van der Waals surface area contributed by atoms with E-state index in [9.17, 15) is 4.79 Å². The number of benzene rings is 3. The maximum atomic E-state index is 12.8. The Morgan fingerprint density at radius 3 is 2.39 bits per heavy atom. The maximum absolute atomic E-state index is 12.8. The molecule has 0 aliphatic carbocycles. The largest absolute Gasteiger partial charge is 0.354 e. The van der Waals surface area contributed by atoms with Crippen LogP contribution < -0.4 is 10.2 Å². The van der Waals surface area contributed by atoms with E-state index in [1.54, 1.807) is 0 Å². The minimum atomic E-state index is -0.0593. The Bertz CT molecular complexity index is 1260. The van der Waals surface area contributed by atoms with Crippen molar-refractivity contribution >= 4 is 28.4 Å². The van der Waals surface area contributed by atoms with E-state index in [-0.39, 0.29) is 6.03 Å². The maximum Gasteiger partial charge on any atom is 0.321 e. The zero-order valence-electron chi connectivity index (χ0n) is 18.7. The number of aromatic nitrogens is 2. The number of carbonyl (C=O) groups is 1. The molecule has 0 atom stereocenters. The quantitative estimate of drug-likeness (QED) is 0.469. The molecule has 1 N–H and O–H groups in total. The summed E-state index contributed by atoms with van der Waals surface area (Å²) in [7, 11) is 0. The van der Waals surface area contributed by atoms with Crippen molar-refractivity contribution in [2.45, 2.75) is 13.3 Å². The second kappa shape index (κ2) is 9.28. The van der Waals surface area contributed by atoms with Crippen LogP contribution in [0.15, 0.2) is 78.9 Å². The van der Waals surface area contributed by atoms with Crippen LogP contribution in [0.4, 0.5) is 16.3 Å². The van der Waals surface area contributed by atoms with Gasteiger partial charge in [0.25, 0.3) is 0 Å². The Balaban J connectivity index is 1.40. The average Bonchev–Trinajstić information content (AvgIpc) is 3.11. The topological polar surface area (TPSA) is 61.4 Å². The number of aryl methyl sites for hydroxylation is 1. The van der Waals surface area contributed by atoms with Crippen molar-refractivity contribution in [1.82, 2.24) is 14.9 Å². The molecule has 1 fully saturated rings. The average molecular weight is 438 g/mol. The fraction of sp³-hybridized carbons (Fsp3) is 0.222. The molecule has 0 unspecified atom stereocenters. The molecule has 1 saturated heterocycles. The summed E-state index contributed by atoms with van der Waals surface area (Å²) in [6, 6.07) is 26.0. The van der Waals surface area contributed by atoms with Crippen LogP contribution in [-0.2, 0) is 0 Å². The van der Waals surface area contributed by atoms with E-state index in [0.29, 0.717) is 13.1 Å². The molecular formula is C27H27N5O. The number of hydrogen-bond donors (Lipinski definition) is 1. The summed E-state index contributed by atoms with van der Waals surface area (Å²) < 4.78 is 0. The van der Waals surface area contributed by atoms with E-state index in [2.05, 4.69) is 47.5 Å². The van der Waals surface area contributed by atoms with Crippen molar-refractivity contribution < 1.29 is 4.79 Å². The van der Waals surface area contributed by atoms with Crippen LogP contribution in [0.5, 0.6) is 0 Å². The van der Waals surface area contributed by atoms with E-state index >= 15 is 0 Å². The van der Waals surface area contributed by atoms with Crippen LogP contribution in [0.3, 0.4) is 0 Å².